The molecule has 6 heteroatoms. The van der Waals surface area contributed by atoms with Gasteiger partial charge in [-0.15, -0.1) is 0 Å². The molecule has 0 aliphatic rings. The van der Waals surface area contributed by atoms with Gasteiger partial charge in [0.05, 0.1) is 0 Å². The lowest BCUT2D eigenvalue weighted by atomic mass is 10.1. The molecule has 0 saturated heterocycles. The Morgan fingerprint density at radius 3 is 2.47 bits per heavy atom. The fraction of sp³-hybridized carbons (Fsp3) is 0.545. The zero-order valence-corrected chi connectivity index (χ0v) is 10.5. The van der Waals surface area contributed by atoms with E-state index < -0.39 is 5.69 Å². The lowest BCUT2D eigenvalue weighted by molar-refractivity contribution is -0.123. The van der Waals surface area contributed by atoms with Gasteiger partial charge >= 0.3 is 5.69 Å². The van der Waals surface area contributed by atoms with Gasteiger partial charge in [0.25, 0.3) is 5.56 Å². The number of hydrogen-bond donors (Lipinski definition) is 1. The molecule has 0 spiro atoms. The Morgan fingerprint density at radius 2 is 1.94 bits per heavy atom. The molecule has 0 atom stereocenters. The highest BCUT2D eigenvalue weighted by molar-refractivity contribution is 5.76. The van der Waals surface area contributed by atoms with Crippen molar-refractivity contribution < 1.29 is 4.79 Å². The Balaban J connectivity index is 2.91. The summed E-state index contributed by atoms with van der Waals surface area (Å²) in [5, 5.41) is 2.74. The van der Waals surface area contributed by atoms with E-state index in [1.54, 1.807) is 0 Å². The Kier molecular flexibility index (Phi) is 3.55. The third kappa shape index (κ3) is 3.58. The van der Waals surface area contributed by atoms with Crippen molar-refractivity contribution in [1.29, 1.82) is 0 Å². The van der Waals surface area contributed by atoms with E-state index in [1.807, 2.05) is 20.8 Å². The van der Waals surface area contributed by atoms with E-state index in [4.69, 9.17) is 0 Å². The first-order valence-electron chi connectivity index (χ1n) is 5.28. The topological polar surface area (TPSA) is 73.1 Å². The van der Waals surface area contributed by atoms with Crippen LogP contribution in [-0.2, 0) is 18.4 Å². The van der Waals surface area contributed by atoms with E-state index in [9.17, 15) is 14.4 Å². The minimum atomic E-state index is -0.499. The summed E-state index contributed by atoms with van der Waals surface area (Å²) < 4.78 is 2.16. The smallest absolute Gasteiger partial charge is 0.331 e. The number of carbonyl (C=O) groups excluding carboxylic acids is 1. The largest absolute Gasteiger partial charge is 0.350 e. The summed E-state index contributed by atoms with van der Waals surface area (Å²) in [6.45, 7) is 5.47. The summed E-state index contributed by atoms with van der Waals surface area (Å²) in [6, 6.07) is 1.26. The number of hydrogen-bond acceptors (Lipinski definition) is 3. The number of rotatable bonds is 2. The van der Waals surface area contributed by atoms with Crippen LogP contribution in [0.25, 0.3) is 0 Å². The molecule has 0 fully saturated rings. The molecule has 0 unspecified atom stereocenters. The molecular weight excluding hydrogens is 222 g/mol. The van der Waals surface area contributed by atoms with E-state index in [2.05, 4.69) is 5.32 Å². The third-order valence-electron chi connectivity index (χ3n) is 2.09. The van der Waals surface area contributed by atoms with Gasteiger partial charge < -0.3 is 5.32 Å². The van der Waals surface area contributed by atoms with Crippen LogP contribution < -0.4 is 16.6 Å². The highest BCUT2D eigenvalue weighted by Crippen LogP contribution is 1.98. The monoisotopic (exact) mass is 239 g/mol. The average molecular weight is 239 g/mol. The molecule has 1 heterocycles. The summed E-state index contributed by atoms with van der Waals surface area (Å²) in [5.41, 5.74) is -1.23. The van der Waals surface area contributed by atoms with E-state index in [0.717, 1.165) is 4.57 Å². The molecule has 1 N–H and O–H groups in total. The van der Waals surface area contributed by atoms with Crippen LogP contribution in [0.15, 0.2) is 21.9 Å². The second-order valence-corrected chi connectivity index (χ2v) is 4.92. The van der Waals surface area contributed by atoms with E-state index in [0.29, 0.717) is 0 Å². The molecule has 0 saturated carbocycles. The van der Waals surface area contributed by atoms with Crippen molar-refractivity contribution >= 4 is 5.91 Å². The molecule has 1 amide bonds. The maximum Gasteiger partial charge on any atom is 0.331 e. The first kappa shape index (κ1) is 13.2. The fourth-order valence-corrected chi connectivity index (χ4v) is 1.35. The number of aromatic nitrogens is 2. The van der Waals surface area contributed by atoms with Gasteiger partial charge in [0, 0.05) is 24.8 Å². The quantitative estimate of drug-likeness (QED) is 0.753. The summed E-state index contributed by atoms with van der Waals surface area (Å²) in [7, 11) is 1.38. The summed E-state index contributed by atoms with van der Waals surface area (Å²) in [5.74, 6) is -0.266. The predicted molar refractivity (Wildman–Crippen MR) is 63.8 cm³/mol. The maximum atomic E-state index is 11.6. The molecule has 0 bridgehead atoms. The Morgan fingerprint density at radius 1 is 1.35 bits per heavy atom. The van der Waals surface area contributed by atoms with Gasteiger partial charge in [0.15, 0.2) is 0 Å². The molecule has 0 aliphatic carbocycles. The van der Waals surface area contributed by atoms with Gasteiger partial charge in [-0.05, 0) is 20.8 Å². The Bertz CT molecular complexity index is 534. The predicted octanol–water partition coefficient (Wildman–Crippen LogP) is -0.538. The molecule has 1 aromatic heterocycles. The van der Waals surface area contributed by atoms with Crippen LogP contribution in [0.2, 0.25) is 0 Å². The summed E-state index contributed by atoms with van der Waals surface area (Å²) >= 11 is 0. The minimum absolute atomic E-state index is 0.0930. The van der Waals surface area contributed by atoms with Crippen LogP contribution in [0, 0.1) is 0 Å². The highest BCUT2D eigenvalue weighted by atomic mass is 16.2. The lowest BCUT2D eigenvalue weighted by Gasteiger charge is -2.20. The van der Waals surface area contributed by atoms with Crippen molar-refractivity contribution in [2.75, 3.05) is 0 Å². The van der Waals surface area contributed by atoms with Crippen molar-refractivity contribution in [3.8, 4) is 0 Å². The second-order valence-electron chi connectivity index (χ2n) is 4.92. The molecule has 1 aromatic rings. The zero-order chi connectivity index (χ0) is 13.2. The normalized spacial score (nSPS) is 11.3. The molecule has 0 aliphatic heterocycles. The zero-order valence-electron chi connectivity index (χ0n) is 10.5. The first-order chi connectivity index (χ1) is 7.70. The van der Waals surface area contributed by atoms with Crippen LogP contribution in [0.4, 0.5) is 0 Å². The van der Waals surface area contributed by atoms with Gasteiger partial charge in [0.1, 0.15) is 6.54 Å². The van der Waals surface area contributed by atoms with Crippen LogP contribution in [0.5, 0.6) is 0 Å². The van der Waals surface area contributed by atoms with Crippen molar-refractivity contribution in [2.24, 2.45) is 7.05 Å². The molecule has 0 aromatic carbocycles. The fourth-order valence-electron chi connectivity index (χ4n) is 1.35. The van der Waals surface area contributed by atoms with Gasteiger partial charge in [-0.25, -0.2) is 4.79 Å². The summed E-state index contributed by atoms with van der Waals surface area (Å²) in [4.78, 5) is 34.4. The van der Waals surface area contributed by atoms with Crippen LogP contribution >= 0.6 is 0 Å². The molecular formula is C11H17N3O3. The third-order valence-corrected chi connectivity index (χ3v) is 2.09. The van der Waals surface area contributed by atoms with Crippen molar-refractivity contribution in [3.63, 3.8) is 0 Å². The number of amides is 1. The Labute approximate surface area is 98.9 Å². The highest BCUT2D eigenvalue weighted by Gasteiger charge is 2.14. The van der Waals surface area contributed by atoms with Crippen molar-refractivity contribution in [1.82, 2.24) is 14.5 Å². The maximum absolute atomic E-state index is 11.6. The van der Waals surface area contributed by atoms with Gasteiger partial charge in [-0.3, -0.25) is 18.7 Å². The van der Waals surface area contributed by atoms with E-state index >= 15 is 0 Å². The Hall–Kier alpha value is -1.85. The molecule has 17 heavy (non-hydrogen) atoms. The molecule has 94 valence electrons. The number of nitrogens with one attached hydrogen (secondary N) is 1. The molecule has 0 radical (unpaired) electrons. The lowest BCUT2D eigenvalue weighted by Crippen LogP contribution is -2.45. The molecule has 6 nitrogen and oxygen atoms in total. The second kappa shape index (κ2) is 4.57. The van der Waals surface area contributed by atoms with Crippen molar-refractivity contribution in [2.45, 2.75) is 32.9 Å². The van der Waals surface area contributed by atoms with Gasteiger partial charge in [-0.2, -0.15) is 0 Å². The van der Waals surface area contributed by atoms with Gasteiger partial charge in [0.2, 0.25) is 5.91 Å². The minimum Gasteiger partial charge on any atom is -0.350 e. The molecule has 1 rings (SSSR count). The first-order valence-corrected chi connectivity index (χ1v) is 5.28. The van der Waals surface area contributed by atoms with Crippen LogP contribution in [0.3, 0.4) is 0 Å². The van der Waals surface area contributed by atoms with Gasteiger partial charge in [-0.1, -0.05) is 0 Å². The van der Waals surface area contributed by atoms with E-state index in [-0.39, 0.29) is 23.6 Å². The number of nitrogens with zero attached hydrogens (tertiary/aromatic N) is 2. The summed E-state index contributed by atoms with van der Waals surface area (Å²) in [6.07, 6.45) is 1.33. The SMILES string of the molecule is Cn1c(=O)ccn(CC(=O)NC(C)(C)C)c1=O. The van der Waals surface area contributed by atoms with Crippen LogP contribution in [0.1, 0.15) is 20.8 Å². The standard InChI is InChI=1S/C11H17N3O3/c1-11(2,3)12-8(15)7-14-6-5-9(16)13(4)10(14)17/h5-6H,7H2,1-4H3,(H,12,15). The van der Waals surface area contributed by atoms with Crippen LogP contribution in [-0.4, -0.2) is 20.6 Å². The number of carbonyl (C=O) groups is 1. The van der Waals surface area contributed by atoms with E-state index in [1.165, 1.54) is 23.9 Å². The van der Waals surface area contributed by atoms with Crippen molar-refractivity contribution in [3.05, 3.63) is 33.1 Å². The average Bonchev–Trinajstić information content (AvgIpc) is 2.16.